The summed E-state index contributed by atoms with van der Waals surface area (Å²) >= 11 is 0. The fourth-order valence-corrected chi connectivity index (χ4v) is 6.11. The van der Waals surface area contributed by atoms with Crippen molar-refractivity contribution < 1.29 is 26.7 Å². The normalized spacial score (nSPS) is 24.6. The van der Waals surface area contributed by atoms with Gasteiger partial charge in [-0.2, -0.15) is 0 Å². The van der Waals surface area contributed by atoms with E-state index in [-0.39, 0.29) is 5.56 Å². The Morgan fingerprint density at radius 2 is 1.31 bits per heavy atom. The van der Waals surface area contributed by atoms with E-state index in [1.165, 1.54) is 69.8 Å². The Morgan fingerprint density at radius 1 is 0.778 bits per heavy atom. The Labute approximate surface area is 210 Å². The van der Waals surface area contributed by atoms with Crippen LogP contribution in [-0.4, -0.2) is 6.36 Å². The fourth-order valence-electron chi connectivity index (χ4n) is 6.11. The van der Waals surface area contributed by atoms with Gasteiger partial charge in [0, 0.05) is 11.1 Å². The molecule has 0 heterocycles. The van der Waals surface area contributed by atoms with Crippen LogP contribution in [0, 0.1) is 41.2 Å². The maximum Gasteiger partial charge on any atom is 0.573 e. The summed E-state index contributed by atoms with van der Waals surface area (Å²) in [5.41, 5.74) is 1.90. The zero-order valence-corrected chi connectivity index (χ0v) is 20.6. The zero-order chi connectivity index (χ0) is 25.7. The maximum atomic E-state index is 13.9. The minimum absolute atomic E-state index is 0.0642. The molecule has 2 aromatic rings. The molecule has 0 amide bonds. The predicted molar refractivity (Wildman–Crippen MR) is 131 cm³/mol. The van der Waals surface area contributed by atoms with Gasteiger partial charge in [0.15, 0.2) is 11.6 Å². The molecule has 0 bridgehead atoms. The maximum absolute atomic E-state index is 13.9. The first kappa shape index (κ1) is 26.5. The Bertz CT molecular complexity index is 1040. The molecule has 0 spiro atoms. The van der Waals surface area contributed by atoms with Gasteiger partial charge in [-0.3, -0.25) is 0 Å². The quantitative estimate of drug-likeness (QED) is 0.291. The molecular formula is C30H33F5O. The molecule has 0 saturated heterocycles. The van der Waals surface area contributed by atoms with Gasteiger partial charge in [-0.1, -0.05) is 56.6 Å². The highest BCUT2D eigenvalue weighted by molar-refractivity contribution is 5.46. The van der Waals surface area contributed by atoms with Crippen molar-refractivity contribution in [2.75, 3.05) is 0 Å². The van der Waals surface area contributed by atoms with Gasteiger partial charge in [-0.25, -0.2) is 8.78 Å². The molecule has 0 atom stereocenters. The van der Waals surface area contributed by atoms with Gasteiger partial charge in [-0.15, -0.1) is 13.2 Å². The number of ether oxygens (including phenoxy) is 1. The summed E-state index contributed by atoms with van der Waals surface area (Å²) in [6.07, 6.45) is 8.12. The monoisotopic (exact) mass is 504 g/mol. The Balaban J connectivity index is 1.32. The second-order valence-electron chi connectivity index (χ2n) is 10.4. The van der Waals surface area contributed by atoms with Crippen molar-refractivity contribution >= 4 is 0 Å². The Hall–Kier alpha value is -2.55. The average molecular weight is 505 g/mol. The van der Waals surface area contributed by atoms with Crippen LogP contribution in [0.2, 0.25) is 0 Å². The van der Waals surface area contributed by atoms with Gasteiger partial charge in [0.2, 0.25) is 5.75 Å². The van der Waals surface area contributed by atoms with Crippen LogP contribution in [0.5, 0.6) is 5.75 Å². The van der Waals surface area contributed by atoms with Gasteiger partial charge in [0.1, 0.15) is 0 Å². The third-order valence-electron chi connectivity index (χ3n) is 7.98. The highest BCUT2D eigenvalue weighted by Gasteiger charge is 2.34. The summed E-state index contributed by atoms with van der Waals surface area (Å²) in [6.45, 7) is 2.29. The van der Waals surface area contributed by atoms with E-state index in [9.17, 15) is 22.0 Å². The number of hydrogen-bond acceptors (Lipinski definition) is 1. The molecule has 2 aliphatic carbocycles. The van der Waals surface area contributed by atoms with Crippen LogP contribution < -0.4 is 4.74 Å². The number of alkyl halides is 3. The third-order valence-corrected chi connectivity index (χ3v) is 7.98. The lowest BCUT2D eigenvalue weighted by atomic mass is 9.68. The average Bonchev–Trinajstić information content (AvgIpc) is 2.86. The first-order valence-electron chi connectivity index (χ1n) is 13.1. The van der Waals surface area contributed by atoms with Crippen molar-refractivity contribution in [3.8, 4) is 17.6 Å². The smallest absolute Gasteiger partial charge is 0.399 e. The molecule has 6 heteroatoms. The molecule has 194 valence electrons. The topological polar surface area (TPSA) is 9.23 Å². The summed E-state index contributed by atoms with van der Waals surface area (Å²) in [5, 5.41) is 0. The highest BCUT2D eigenvalue weighted by Crippen LogP contribution is 2.44. The molecular weight excluding hydrogens is 471 g/mol. The highest BCUT2D eigenvalue weighted by atomic mass is 19.4. The van der Waals surface area contributed by atoms with E-state index in [1.54, 1.807) is 0 Å². The molecule has 2 saturated carbocycles. The van der Waals surface area contributed by atoms with Crippen molar-refractivity contribution in [2.24, 2.45) is 17.8 Å². The molecule has 2 aliphatic rings. The molecule has 0 radical (unpaired) electrons. The largest absolute Gasteiger partial charge is 0.573 e. The lowest BCUT2D eigenvalue weighted by molar-refractivity contribution is -0.276. The van der Waals surface area contributed by atoms with Crippen molar-refractivity contribution in [3.05, 3.63) is 64.7 Å². The van der Waals surface area contributed by atoms with E-state index in [0.29, 0.717) is 11.5 Å². The van der Waals surface area contributed by atoms with E-state index in [4.69, 9.17) is 0 Å². The van der Waals surface area contributed by atoms with Crippen molar-refractivity contribution in [2.45, 2.75) is 83.4 Å². The van der Waals surface area contributed by atoms with Gasteiger partial charge >= 0.3 is 6.36 Å². The number of halogens is 5. The summed E-state index contributed by atoms with van der Waals surface area (Å²) in [5.74, 6) is 4.34. The molecule has 0 aliphatic heterocycles. The third kappa shape index (κ3) is 7.02. The molecule has 0 aromatic heterocycles. The fraction of sp³-hybridized carbons (Fsp3) is 0.533. The summed E-state index contributed by atoms with van der Waals surface area (Å²) < 4.78 is 68.1. The van der Waals surface area contributed by atoms with Gasteiger partial charge < -0.3 is 4.74 Å². The van der Waals surface area contributed by atoms with E-state index in [0.717, 1.165) is 29.9 Å². The van der Waals surface area contributed by atoms with Gasteiger partial charge in [0.25, 0.3) is 0 Å². The van der Waals surface area contributed by atoms with Crippen molar-refractivity contribution in [3.63, 3.8) is 0 Å². The number of hydrogen-bond donors (Lipinski definition) is 0. The van der Waals surface area contributed by atoms with Crippen LogP contribution in [0.15, 0.2) is 36.4 Å². The molecule has 2 fully saturated rings. The molecule has 4 rings (SSSR count). The predicted octanol–water partition coefficient (Wildman–Crippen LogP) is 9.14. The molecule has 0 unspecified atom stereocenters. The molecule has 0 N–H and O–H groups in total. The first-order chi connectivity index (χ1) is 17.2. The summed E-state index contributed by atoms with van der Waals surface area (Å²) in [6, 6.07) is 9.37. The molecule has 1 nitrogen and oxygen atoms in total. The first-order valence-corrected chi connectivity index (χ1v) is 13.1. The van der Waals surface area contributed by atoms with Gasteiger partial charge in [-0.05, 0) is 92.0 Å². The minimum atomic E-state index is -5.18. The van der Waals surface area contributed by atoms with Crippen LogP contribution in [0.4, 0.5) is 22.0 Å². The standard InChI is InChI=1S/C30H33F5O/c1-2-3-20-6-10-23(11-7-20)25-14-16-26(17-15-25)24-12-8-21(9-13-24)4-5-22-18-27(31)29(28(32)19-22)36-30(33,34)35/h8-9,12-13,18-20,23,25-26H,2-3,6-7,10-11,14-17H2,1H3. The zero-order valence-electron chi connectivity index (χ0n) is 20.6. The Kier molecular flexibility index (Phi) is 8.59. The van der Waals surface area contributed by atoms with Crippen LogP contribution in [0.1, 0.15) is 93.7 Å². The van der Waals surface area contributed by atoms with E-state index in [1.807, 2.05) is 12.1 Å². The molecule has 2 aromatic carbocycles. The van der Waals surface area contributed by atoms with E-state index in [2.05, 4.69) is 35.6 Å². The van der Waals surface area contributed by atoms with Crippen molar-refractivity contribution in [1.82, 2.24) is 0 Å². The summed E-state index contributed by atoms with van der Waals surface area (Å²) in [4.78, 5) is 0. The lowest BCUT2D eigenvalue weighted by Gasteiger charge is -2.38. The van der Waals surface area contributed by atoms with Gasteiger partial charge in [0.05, 0.1) is 0 Å². The number of rotatable bonds is 5. The minimum Gasteiger partial charge on any atom is -0.399 e. The van der Waals surface area contributed by atoms with Crippen molar-refractivity contribution in [1.29, 1.82) is 0 Å². The van der Waals surface area contributed by atoms with Crippen LogP contribution >= 0.6 is 0 Å². The van der Waals surface area contributed by atoms with E-state index >= 15 is 0 Å². The SMILES string of the molecule is CCCC1CCC(C2CCC(c3ccc(C#Cc4cc(F)c(OC(F)(F)F)c(F)c4)cc3)CC2)CC1. The second kappa shape index (κ2) is 11.7. The van der Waals surface area contributed by atoms with E-state index < -0.39 is 23.7 Å². The lowest BCUT2D eigenvalue weighted by Crippen LogP contribution is -2.25. The second-order valence-corrected chi connectivity index (χ2v) is 10.4. The van der Waals surface area contributed by atoms with Crippen LogP contribution in [0.25, 0.3) is 0 Å². The molecule has 36 heavy (non-hydrogen) atoms. The van der Waals surface area contributed by atoms with Crippen LogP contribution in [0.3, 0.4) is 0 Å². The summed E-state index contributed by atoms with van der Waals surface area (Å²) in [7, 11) is 0. The van der Waals surface area contributed by atoms with Crippen LogP contribution in [-0.2, 0) is 0 Å². The Morgan fingerprint density at radius 3 is 1.83 bits per heavy atom. The number of benzene rings is 2.